The molecular formula is C13H11Cl3. The zero-order valence-corrected chi connectivity index (χ0v) is 11.0. The Kier molecular flexibility index (Phi) is 5.68. The molecule has 0 fully saturated rings. The minimum Gasteiger partial charge on any atom is -0.0843 e. The maximum absolute atomic E-state index is 5.73. The van der Waals surface area contributed by atoms with Crippen LogP contribution in [0.25, 0.3) is 0 Å². The summed E-state index contributed by atoms with van der Waals surface area (Å²) in [6.07, 6.45) is 0. The molecule has 0 nitrogen and oxygen atoms in total. The Morgan fingerprint density at radius 3 is 1.75 bits per heavy atom. The van der Waals surface area contributed by atoms with E-state index in [9.17, 15) is 0 Å². The second-order valence-electron chi connectivity index (χ2n) is 3.19. The van der Waals surface area contributed by atoms with Crippen molar-refractivity contribution >= 4 is 34.8 Å². The number of benzene rings is 2. The van der Waals surface area contributed by atoms with Crippen molar-refractivity contribution in [1.82, 2.24) is 0 Å². The fraction of sp³-hybridized carbons (Fsp3) is 0.0769. The minimum absolute atomic E-state index is 0.686. The average molecular weight is 274 g/mol. The van der Waals surface area contributed by atoms with Crippen molar-refractivity contribution in [2.75, 3.05) is 0 Å². The lowest BCUT2D eigenvalue weighted by Crippen LogP contribution is -1.71. The van der Waals surface area contributed by atoms with Crippen molar-refractivity contribution in [3.63, 3.8) is 0 Å². The molecule has 84 valence electrons. The molecule has 3 heteroatoms. The summed E-state index contributed by atoms with van der Waals surface area (Å²) in [4.78, 5) is 0. The van der Waals surface area contributed by atoms with Gasteiger partial charge in [0.05, 0.1) is 0 Å². The standard InChI is InChI=1S/C7H6Cl2.C6H5Cl/c1-5-2-3-6(8)4-7(5)9;7-6-4-2-1-3-5-6/h2-4H,1H3;1-5H. The lowest BCUT2D eigenvalue weighted by molar-refractivity contribution is 1.47. The molecule has 0 N–H and O–H groups in total. The summed E-state index contributed by atoms with van der Waals surface area (Å²) in [5.74, 6) is 0. The van der Waals surface area contributed by atoms with Crippen molar-refractivity contribution in [3.05, 3.63) is 69.2 Å². The van der Waals surface area contributed by atoms with Gasteiger partial charge in [-0.05, 0) is 36.8 Å². The Balaban J connectivity index is 0.000000165. The Bertz CT molecular complexity index is 438. The highest BCUT2D eigenvalue weighted by molar-refractivity contribution is 6.35. The monoisotopic (exact) mass is 272 g/mol. The van der Waals surface area contributed by atoms with E-state index in [2.05, 4.69) is 0 Å². The van der Waals surface area contributed by atoms with E-state index in [1.165, 1.54) is 0 Å². The topological polar surface area (TPSA) is 0 Å². The molecule has 0 amide bonds. The van der Waals surface area contributed by atoms with Gasteiger partial charge in [0.25, 0.3) is 0 Å². The summed E-state index contributed by atoms with van der Waals surface area (Å²) in [6, 6.07) is 14.9. The molecular weight excluding hydrogens is 263 g/mol. The van der Waals surface area contributed by atoms with E-state index in [-0.39, 0.29) is 0 Å². The first-order valence-corrected chi connectivity index (χ1v) is 5.85. The molecule has 0 atom stereocenters. The lowest BCUT2D eigenvalue weighted by atomic mass is 10.2. The van der Waals surface area contributed by atoms with Crippen LogP contribution in [0.2, 0.25) is 15.1 Å². The SMILES string of the molecule is Cc1ccc(Cl)cc1Cl.Clc1ccccc1. The fourth-order valence-electron chi connectivity index (χ4n) is 0.982. The molecule has 0 unspecified atom stereocenters. The summed E-state index contributed by atoms with van der Waals surface area (Å²) >= 11 is 16.9. The largest absolute Gasteiger partial charge is 0.0843 e. The van der Waals surface area contributed by atoms with Crippen LogP contribution in [0, 0.1) is 6.92 Å². The number of aryl methyl sites for hydroxylation is 1. The molecule has 16 heavy (non-hydrogen) atoms. The maximum atomic E-state index is 5.73. The molecule has 2 aromatic carbocycles. The summed E-state index contributed by atoms with van der Waals surface area (Å²) < 4.78 is 0. The molecule has 0 spiro atoms. The molecule has 0 bridgehead atoms. The maximum Gasteiger partial charge on any atom is 0.0449 e. The fourth-order valence-corrected chi connectivity index (χ4v) is 1.54. The first kappa shape index (κ1) is 13.4. The predicted molar refractivity (Wildman–Crippen MR) is 72.7 cm³/mol. The number of hydrogen-bond donors (Lipinski definition) is 0. The highest BCUT2D eigenvalue weighted by Crippen LogP contribution is 2.19. The second-order valence-corrected chi connectivity index (χ2v) is 4.47. The third-order valence-electron chi connectivity index (χ3n) is 1.87. The van der Waals surface area contributed by atoms with Crippen molar-refractivity contribution in [2.24, 2.45) is 0 Å². The van der Waals surface area contributed by atoms with E-state index < -0.39 is 0 Å². The average Bonchev–Trinajstić information content (AvgIpc) is 2.26. The first-order valence-electron chi connectivity index (χ1n) is 4.72. The van der Waals surface area contributed by atoms with E-state index in [4.69, 9.17) is 34.8 Å². The predicted octanol–water partition coefficient (Wildman–Crippen LogP) is 5.64. The van der Waals surface area contributed by atoms with Crippen LogP contribution in [0.3, 0.4) is 0 Å². The molecule has 2 rings (SSSR count). The van der Waals surface area contributed by atoms with E-state index in [0.717, 1.165) is 15.6 Å². The van der Waals surface area contributed by atoms with Gasteiger partial charge in [-0.2, -0.15) is 0 Å². The molecule has 0 saturated carbocycles. The third kappa shape index (κ3) is 4.89. The Labute approximate surface area is 111 Å². The van der Waals surface area contributed by atoms with Crippen LogP contribution in [0.1, 0.15) is 5.56 Å². The van der Waals surface area contributed by atoms with E-state index >= 15 is 0 Å². The van der Waals surface area contributed by atoms with Crippen molar-refractivity contribution in [1.29, 1.82) is 0 Å². The normalized spacial score (nSPS) is 9.25. The Morgan fingerprint density at radius 1 is 0.750 bits per heavy atom. The summed E-state index contributed by atoms with van der Waals surface area (Å²) in [5, 5.41) is 2.20. The van der Waals surface area contributed by atoms with Gasteiger partial charge in [-0.15, -0.1) is 0 Å². The van der Waals surface area contributed by atoms with E-state index in [1.807, 2.05) is 49.4 Å². The van der Waals surface area contributed by atoms with Crippen LogP contribution >= 0.6 is 34.8 Å². The number of rotatable bonds is 0. The zero-order valence-electron chi connectivity index (χ0n) is 8.75. The summed E-state index contributed by atoms with van der Waals surface area (Å²) in [5.41, 5.74) is 1.06. The minimum atomic E-state index is 0.686. The van der Waals surface area contributed by atoms with Crippen molar-refractivity contribution < 1.29 is 0 Å². The van der Waals surface area contributed by atoms with Gasteiger partial charge in [0, 0.05) is 15.1 Å². The second kappa shape index (κ2) is 6.80. The lowest BCUT2D eigenvalue weighted by Gasteiger charge is -1.94. The highest BCUT2D eigenvalue weighted by atomic mass is 35.5. The smallest absolute Gasteiger partial charge is 0.0449 e. The molecule has 0 radical (unpaired) electrons. The number of halogens is 3. The van der Waals surface area contributed by atoms with Crippen LogP contribution in [0.4, 0.5) is 0 Å². The zero-order chi connectivity index (χ0) is 12.0. The first-order chi connectivity index (χ1) is 7.59. The van der Waals surface area contributed by atoms with Crippen LogP contribution in [0.15, 0.2) is 48.5 Å². The molecule has 0 heterocycles. The highest BCUT2D eigenvalue weighted by Gasteiger charge is 1.92. The third-order valence-corrected chi connectivity index (χ3v) is 2.76. The van der Waals surface area contributed by atoms with Gasteiger partial charge in [0.2, 0.25) is 0 Å². The molecule has 0 aliphatic heterocycles. The van der Waals surface area contributed by atoms with E-state index in [1.54, 1.807) is 6.07 Å². The number of hydrogen-bond acceptors (Lipinski definition) is 0. The van der Waals surface area contributed by atoms with Gasteiger partial charge in [-0.25, -0.2) is 0 Å². The van der Waals surface area contributed by atoms with Gasteiger partial charge in [-0.1, -0.05) is 59.1 Å². The quantitative estimate of drug-likeness (QED) is 0.582. The van der Waals surface area contributed by atoms with Gasteiger partial charge in [0.1, 0.15) is 0 Å². The molecule has 2 aromatic rings. The van der Waals surface area contributed by atoms with Crippen LogP contribution in [0.5, 0.6) is 0 Å². The molecule has 0 aromatic heterocycles. The van der Waals surface area contributed by atoms with Crippen LogP contribution in [-0.2, 0) is 0 Å². The van der Waals surface area contributed by atoms with Gasteiger partial charge in [-0.3, -0.25) is 0 Å². The van der Waals surface area contributed by atoms with Gasteiger partial charge >= 0.3 is 0 Å². The van der Waals surface area contributed by atoms with E-state index in [0.29, 0.717) is 5.02 Å². The van der Waals surface area contributed by atoms with Crippen molar-refractivity contribution in [3.8, 4) is 0 Å². The Hall–Kier alpha value is -0.690. The molecule has 0 aliphatic carbocycles. The molecule has 0 saturated heterocycles. The van der Waals surface area contributed by atoms with Crippen molar-refractivity contribution in [2.45, 2.75) is 6.92 Å². The van der Waals surface area contributed by atoms with Crippen LogP contribution < -0.4 is 0 Å². The summed E-state index contributed by atoms with van der Waals surface area (Å²) in [7, 11) is 0. The van der Waals surface area contributed by atoms with Gasteiger partial charge < -0.3 is 0 Å². The summed E-state index contributed by atoms with van der Waals surface area (Å²) in [6.45, 7) is 1.94. The van der Waals surface area contributed by atoms with Crippen LogP contribution in [-0.4, -0.2) is 0 Å². The Morgan fingerprint density at radius 2 is 1.38 bits per heavy atom. The molecule has 0 aliphatic rings. The van der Waals surface area contributed by atoms with Gasteiger partial charge in [0.15, 0.2) is 0 Å².